The SMILES string of the molecule is c1ccc2c(c1)oc1cccc(-c3nc(-c4cccc5c4oc4ccc(-n6c7ccccc7c7ccccc76)cc45)nc(-n4c5ccccc5c5ccccc54)n3)c12. The first-order chi connectivity index (χ1) is 28.8. The lowest BCUT2D eigenvalue weighted by molar-refractivity contribution is 0.668. The molecule has 13 aromatic rings. The maximum absolute atomic E-state index is 6.79. The molecular formula is C51H29N5O2. The first kappa shape index (κ1) is 31.2. The number of fused-ring (bicyclic) bond motifs is 12. The number of aromatic nitrogens is 5. The summed E-state index contributed by atoms with van der Waals surface area (Å²) >= 11 is 0. The molecule has 13 rings (SSSR count). The van der Waals surface area contributed by atoms with E-state index in [-0.39, 0.29) is 0 Å². The molecule has 0 aliphatic carbocycles. The lowest BCUT2D eigenvalue weighted by atomic mass is 10.1. The molecule has 7 nitrogen and oxygen atoms in total. The summed E-state index contributed by atoms with van der Waals surface area (Å²) in [5.74, 6) is 1.57. The van der Waals surface area contributed by atoms with E-state index in [9.17, 15) is 0 Å². The van der Waals surface area contributed by atoms with Gasteiger partial charge in [-0.25, -0.2) is 4.98 Å². The molecule has 5 heterocycles. The van der Waals surface area contributed by atoms with E-state index >= 15 is 0 Å². The van der Waals surface area contributed by atoms with Crippen molar-refractivity contribution in [2.75, 3.05) is 0 Å². The van der Waals surface area contributed by atoms with Gasteiger partial charge >= 0.3 is 0 Å². The van der Waals surface area contributed by atoms with E-state index in [0.29, 0.717) is 23.2 Å². The molecule has 0 spiro atoms. The number of rotatable bonds is 4. The van der Waals surface area contributed by atoms with Gasteiger partial charge in [-0.15, -0.1) is 0 Å². The number of hydrogen-bond donors (Lipinski definition) is 0. The summed E-state index contributed by atoms with van der Waals surface area (Å²) < 4.78 is 17.6. The molecule has 0 fully saturated rings. The van der Waals surface area contributed by atoms with Crippen molar-refractivity contribution < 1.29 is 8.83 Å². The van der Waals surface area contributed by atoms with Gasteiger partial charge in [-0.1, -0.05) is 115 Å². The summed E-state index contributed by atoms with van der Waals surface area (Å²) in [6, 6.07) is 60.8. The third kappa shape index (κ3) is 4.35. The van der Waals surface area contributed by atoms with Gasteiger partial charge in [0.25, 0.3) is 0 Å². The molecule has 0 radical (unpaired) electrons. The van der Waals surface area contributed by atoms with Crippen molar-refractivity contribution in [1.82, 2.24) is 24.1 Å². The Morgan fingerprint density at radius 1 is 0.345 bits per heavy atom. The van der Waals surface area contributed by atoms with Gasteiger partial charge < -0.3 is 13.4 Å². The highest BCUT2D eigenvalue weighted by molar-refractivity contribution is 6.14. The second-order valence-corrected chi connectivity index (χ2v) is 14.8. The van der Waals surface area contributed by atoms with Gasteiger partial charge in [-0.2, -0.15) is 9.97 Å². The van der Waals surface area contributed by atoms with Crippen LogP contribution in [0.15, 0.2) is 185 Å². The summed E-state index contributed by atoms with van der Waals surface area (Å²) in [5, 5.41) is 8.67. The summed E-state index contributed by atoms with van der Waals surface area (Å²) in [6.45, 7) is 0. The predicted octanol–water partition coefficient (Wildman–Crippen LogP) is 13.2. The van der Waals surface area contributed by atoms with Gasteiger partial charge in [-0.3, -0.25) is 4.57 Å². The molecule has 8 aromatic carbocycles. The lowest BCUT2D eigenvalue weighted by Crippen LogP contribution is -2.06. The highest BCUT2D eigenvalue weighted by Gasteiger charge is 2.23. The molecule has 0 bridgehead atoms. The molecule has 7 heteroatoms. The van der Waals surface area contributed by atoms with Crippen LogP contribution in [-0.4, -0.2) is 24.1 Å². The Balaban J connectivity index is 1.08. The largest absolute Gasteiger partial charge is 0.456 e. The van der Waals surface area contributed by atoms with Crippen LogP contribution in [-0.2, 0) is 0 Å². The molecule has 0 saturated heterocycles. The van der Waals surface area contributed by atoms with Gasteiger partial charge in [0.05, 0.1) is 27.6 Å². The van der Waals surface area contributed by atoms with Crippen molar-refractivity contribution in [2.45, 2.75) is 0 Å². The van der Waals surface area contributed by atoms with Crippen LogP contribution >= 0.6 is 0 Å². The average molecular weight is 744 g/mol. The van der Waals surface area contributed by atoms with Crippen LogP contribution in [0.5, 0.6) is 0 Å². The third-order valence-corrected chi connectivity index (χ3v) is 11.6. The van der Waals surface area contributed by atoms with Gasteiger partial charge in [-0.05, 0) is 60.7 Å². The smallest absolute Gasteiger partial charge is 0.238 e. The Morgan fingerprint density at radius 3 is 1.52 bits per heavy atom. The Labute approximate surface area is 329 Å². The Morgan fingerprint density at radius 2 is 0.845 bits per heavy atom. The third-order valence-electron chi connectivity index (χ3n) is 11.6. The molecule has 0 aliphatic heterocycles. The number of hydrogen-bond acceptors (Lipinski definition) is 5. The molecule has 0 N–H and O–H groups in total. The minimum absolute atomic E-state index is 0.513. The summed E-state index contributed by atoms with van der Waals surface area (Å²) in [4.78, 5) is 15.9. The molecule has 5 aromatic heterocycles. The highest BCUT2D eigenvalue weighted by atomic mass is 16.3. The summed E-state index contributed by atoms with van der Waals surface area (Å²) in [5.41, 5.74) is 10.1. The first-order valence-electron chi connectivity index (χ1n) is 19.4. The zero-order valence-electron chi connectivity index (χ0n) is 30.8. The van der Waals surface area contributed by atoms with Crippen LogP contribution in [0.2, 0.25) is 0 Å². The van der Waals surface area contributed by atoms with Crippen molar-refractivity contribution in [1.29, 1.82) is 0 Å². The van der Waals surface area contributed by atoms with E-state index in [1.54, 1.807) is 0 Å². The predicted molar refractivity (Wildman–Crippen MR) is 234 cm³/mol. The number of para-hydroxylation sites is 6. The number of nitrogens with zero attached hydrogens (tertiary/aromatic N) is 5. The fraction of sp³-hybridized carbons (Fsp3) is 0. The normalized spacial score (nSPS) is 12.1. The Hall–Kier alpha value is -8.03. The van der Waals surface area contributed by atoms with Crippen molar-refractivity contribution in [3.8, 4) is 34.4 Å². The molecule has 0 atom stereocenters. The Bertz CT molecular complexity index is 3720. The van der Waals surface area contributed by atoms with Crippen molar-refractivity contribution in [3.05, 3.63) is 176 Å². The van der Waals surface area contributed by atoms with E-state index < -0.39 is 0 Å². The standard InChI is InChI=1S/C51H29N5O2/c1-6-21-40-31(13-1)32-14-2-7-22-41(32)55(40)30-27-28-45-39(29-30)35-18-11-20-38(48(35)58-45)50-52-49(37-19-12-26-46-47(37)36-17-5-10-25-44(36)57-46)53-51(54-50)56-42-23-8-3-15-33(42)34-16-4-9-24-43(34)56/h1-29H. The Kier molecular flexibility index (Phi) is 6.32. The van der Waals surface area contributed by atoms with Crippen LogP contribution < -0.4 is 0 Å². The highest BCUT2D eigenvalue weighted by Crippen LogP contribution is 2.41. The molecule has 0 amide bonds. The van der Waals surface area contributed by atoms with E-state index in [2.05, 4.69) is 149 Å². The second kappa shape index (κ2) is 11.7. The average Bonchev–Trinajstić information content (AvgIpc) is 4.04. The number of benzene rings is 8. The molecule has 0 unspecified atom stereocenters. The van der Waals surface area contributed by atoms with E-state index in [1.165, 1.54) is 10.8 Å². The fourth-order valence-corrected chi connectivity index (χ4v) is 9.11. The quantitative estimate of drug-likeness (QED) is 0.179. The minimum Gasteiger partial charge on any atom is -0.456 e. The summed E-state index contributed by atoms with van der Waals surface area (Å²) in [7, 11) is 0. The van der Waals surface area contributed by atoms with Crippen LogP contribution in [0, 0.1) is 0 Å². The zero-order chi connectivity index (χ0) is 37.9. The van der Waals surface area contributed by atoms with E-state index in [0.717, 1.165) is 87.9 Å². The molecule has 0 saturated carbocycles. The van der Waals surface area contributed by atoms with Crippen molar-refractivity contribution >= 4 is 87.5 Å². The fourth-order valence-electron chi connectivity index (χ4n) is 9.11. The van der Waals surface area contributed by atoms with Gasteiger partial charge in [0.1, 0.15) is 22.3 Å². The molecule has 0 aliphatic rings. The topological polar surface area (TPSA) is 74.8 Å². The molecular weight excluding hydrogens is 715 g/mol. The lowest BCUT2D eigenvalue weighted by Gasteiger charge is -2.11. The van der Waals surface area contributed by atoms with Gasteiger partial charge in [0.15, 0.2) is 11.6 Å². The van der Waals surface area contributed by atoms with E-state index in [1.807, 2.05) is 36.4 Å². The van der Waals surface area contributed by atoms with Gasteiger partial charge in [0, 0.05) is 54.3 Å². The van der Waals surface area contributed by atoms with Crippen LogP contribution in [0.25, 0.3) is 122 Å². The summed E-state index contributed by atoms with van der Waals surface area (Å²) in [6.07, 6.45) is 0. The first-order valence-corrected chi connectivity index (χ1v) is 19.4. The van der Waals surface area contributed by atoms with Gasteiger partial charge in [0.2, 0.25) is 5.95 Å². The van der Waals surface area contributed by atoms with Crippen molar-refractivity contribution in [2.24, 2.45) is 0 Å². The maximum Gasteiger partial charge on any atom is 0.238 e. The minimum atomic E-state index is 0.513. The van der Waals surface area contributed by atoms with Crippen molar-refractivity contribution in [3.63, 3.8) is 0 Å². The molecule has 58 heavy (non-hydrogen) atoms. The zero-order valence-corrected chi connectivity index (χ0v) is 30.8. The van der Waals surface area contributed by atoms with Crippen LogP contribution in [0.4, 0.5) is 0 Å². The van der Waals surface area contributed by atoms with Crippen LogP contribution in [0.1, 0.15) is 0 Å². The van der Waals surface area contributed by atoms with Crippen LogP contribution in [0.3, 0.4) is 0 Å². The maximum atomic E-state index is 6.79. The molecule has 270 valence electrons. The van der Waals surface area contributed by atoms with E-state index in [4.69, 9.17) is 23.8 Å². The second-order valence-electron chi connectivity index (χ2n) is 14.8. The monoisotopic (exact) mass is 743 g/mol. The number of furan rings is 2.